The van der Waals surface area contributed by atoms with Gasteiger partial charge in [-0.1, -0.05) is 133 Å². The van der Waals surface area contributed by atoms with Crippen LogP contribution in [0, 0.1) is 0 Å². The first-order valence-electron chi connectivity index (χ1n) is 16.6. The first-order valence-corrected chi connectivity index (χ1v) is 16.6. The minimum atomic E-state index is -0.646. The van der Waals surface area contributed by atoms with Crippen LogP contribution >= 0.6 is 0 Å². The normalized spacial score (nSPS) is 11.7. The molecule has 9 rings (SSSR count). The zero-order chi connectivity index (χ0) is 32.6. The summed E-state index contributed by atoms with van der Waals surface area (Å²) in [5.74, 6) is 0. The van der Waals surface area contributed by atoms with Crippen molar-refractivity contribution in [2.24, 2.45) is 0 Å². The molecule has 0 N–H and O–H groups in total. The maximum Gasteiger partial charge on any atom is 0.0874 e. The Hall–Kier alpha value is -6.52. The van der Waals surface area contributed by atoms with E-state index in [-0.39, 0.29) is 0 Å². The van der Waals surface area contributed by atoms with E-state index in [1.54, 1.807) is 0 Å². The van der Waals surface area contributed by atoms with Crippen LogP contribution in [0.3, 0.4) is 0 Å². The molecular formula is C45H32N4. The van der Waals surface area contributed by atoms with Crippen LogP contribution in [0.4, 0.5) is 0 Å². The van der Waals surface area contributed by atoms with Crippen LogP contribution in [0.5, 0.6) is 0 Å². The summed E-state index contributed by atoms with van der Waals surface area (Å²) >= 11 is 0. The van der Waals surface area contributed by atoms with Gasteiger partial charge in [-0.3, -0.25) is 4.98 Å². The fraction of sp³-hybridized carbons (Fsp3) is 0.0222. The van der Waals surface area contributed by atoms with E-state index >= 15 is 0 Å². The van der Waals surface area contributed by atoms with Gasteiger partial charge < -0.3 is 4.57 Å². The summed E-state index contributed by atoms with van der Waals surface area (Å²) in [4.78, 5) is 5.03. The molecule has 3 aromatic heterocycles. The van der Waals surface area contributed by atoms with Crippen molar-refractivity contribution in [2.45, 2.75) is 5.41 Å². The maximum atomic E-state index is 5.03. The third kappa shape index (κ3) is 4.77. The van der Waals surface area contributed by atoms with Gasteiger partial charge in [-0.25, -0.2) is 4.68 Å². The molecule has 9 aromatic rings. The van der Waals surface area contributed by atoms with E-state index in [9.17, 15) is 0 Å². The lowest BCUT2D eigenvalue weighted by atomic mass is 9.67. The topological polar surface area (TPSA) is 35.6 Å². The number of aromatic nitrogens is 4. The minimum absolute atomic E-state index is 0.646. The van der Waals surface area contributed by atoms with Crippen LogP contribution in [0.25, 0.3) is 44.3 Å². The van der Waals surface area contributed by atoms with Crippen molar-refractivity contribution in [2.75, 3.05) is 0 Å². The van der Waals surface area contributed by atoms with Crippen LogP contribution < -0.4 is 0 Å². The predicted octanol–water partition coefficient (Wildman–Crippen LogP) is 10.4. The Kier molecular flexibility index (Phi) is 6.98. The van der Waals surface area contributed by atoms with Gasteiger partial charge in [-0.15, -0.1) is 0 Å². The lowest BCUT2D eigenvalue weighted by molar-refractivity contribution is 0.713. The van der Waals surface area contributed by atoms with Crippen LogP contribution in [0.15, 0.2) is 195 Å². The summed E-state index contributed by atoms with van der Waals surface area (Å²) in [7, 11) is 0. The van der Waals surface area contributed by atoms with Crippen molar-refractivity contribution in [1.82, 2.24) is 19.3 Å². The molecular weight excluding hydrogens is 597 g/mol. The lowest BCUT2D eigenvalue weighted by Crippen LogP contribution is -2.32. The number of benzene rings is 6. The second-order valence-corrected chi connectivity index (χ2v) is 12.3. The van der Waals surface area contributed by atoms with Gasteiger partial charge in [0.05, 0.1) is 34.0 Å². The smallest absolute Gasteiger partial charge is 0.0874 e. The third-order valence-corrected chi connectivity index (χ3v) is 9.61. The first kappa shape index (κ1) is 28.7. The van der Waals surface area contributed by atoms with Crippen molar-refractivity contribution in [3.63, 3.8) is 0 Å². The van der Waals surface area contributed by atoms with Crippen molar-refractivity contribution < 1.29 is 0 Å². The number of fused-ring (bicyclic) bond motifs is 3. The average Bonchev–Trinajstić information content (AvgIpc) is 3.81. The summed E-state index contributed by atoms with van der Waals surface area (Å²) in [6.07, 6.45) is 5.93. The molecule has 0 bridgehead atoms. The van der Waals surface area contributed by atoms with Crippen molar-refractivity contribution >= 4 is 21.8 Å². The second-order valence-electron chi connectivity index (χ2n) is 12.3. The van der Waals surface area contributed by atoms with Gasteiger partial charge in [0.2, 0.25) is 0 Å². The zero-order valence-electron chi connectivity index (χ0n) is 26.8. The number of nitrogens with zero attached hydrogens (tertiary/aromatic N) is 4. The average molecular weight is 629 g/mol. The number of hydrogen-bond donors (Lipinski definition) is 0. The number of para-hydroxylation sites is 1. The fourth-order valence-corrected chi connectivity index (χ4v) is 7.41. The molecule has 0 saturated heterocycles. The third-order valence-electron chi connectivity index (χ3n) is 9.61. The summed E-state index contributed by atoms with van der Waals surface area (Å²) in [5, 5.41) is 7.18. The van der Waals surface area contributed by atoms with E-state index in [0.717, 1.165) is 55.9 Å². The second kappa shape index (κ2) is 11.9. The molecule has 0 fully saturated rings. The molecule has 0 aliphatic rings. The van der Waals surface area contributed by atoms with Crippen LogP contribution in [-0.4, -0.2) is 19.3 Å². The molecule has 0 amide bonds. The Labute approximate surface area is 285 Å². The molecule has 0 aliphatic carbocycles. The maximum absolute atomic E-state index is 5.03. The monoisotopic (exact) mass is 628 g/mol. The Morgan fingerprint density at radius 3 is 1.84 bits per heavy atom. The van der Waals surface area contributed by atoms with Gasteiger partial charge in [-0.05, 0) is 64.7 Å². The highest BCUT2D eigenvalue weighted by Gasteiger charge is 2.39. The highest BCUT2D eigenvalue weighted by Crippen LogP contribution is 2.45. The molecule has 0 spiro atoms. The van der Waals surface area contributed by atoms with Crippen LogP contribution in [-0.2, 0) is 5.41 Å². The first-order chi connectivity index (χ1) is 24.3. The van der Waals surface area contributed by atoms with Crippen molar-refractivity contribution in [1.29, 1.82) is 0 Å². The Morgan fingerprint density at radius 2 is 1.10 bits per heavy atom. The van der Waals surface area contributed by atoms with Gasteiger partial charge in [0.15, 0.2) is 0 Å². The molecule has 0 unspecified atom stereocenters. The molecule has 0 saturated carbocycles. The number of rotatable bonds is 7. The van der Waals surface area contributed by atoms with Gasteiger partial charge in [0.25, 0.3) is 0 Å². The molecule has 0 aliphatic heterocycles. The van der Waals surface area contributed by atoms with E-state index in [1.165, 1.54) is 10.8 Å². The summed E-state index contributed by atoms with van der Waals surface area (Å²) in [6, 6.07) is 62.4. The molecule has 3 heterocycles. The van der Waals surface area contributed by atoms with E-state index in [0.29, 0.717) is 0 Å². The standard InChI is InChI=1S/C45H32N4/c1-4-15-33(16-5-1)34-31-47-48(32-34)38-26-27-41-40-23-10-11-24-42(40)49(43(41)30-38)39-22-14-21-37(29-39)45(35-17-6-2-7-18-35,36-19-8-3-9-20-36)44-25-12-13-28-46-44/h1-32H. The van der Waals surface area contributed by atoms with E-state index in [4.69, 9.17) is 10.1 Å². The molecule has 0 radical (unpaired) electrons. The minimum Gasteiger partial charge on any atom is -0.309 e. The van der Waals surface area contributed by atoms with E-state index < -0.39 is 5.41 Å². The Balaban J connectivity index is 1.28. The predicted molar refractivity (Wildman–Crippen MR) is 199 cm³/mol. The van der Waals surface area contributed by atoms with Gasteiger partial charge in [0, 0.05) is 34.4 Å². The highest BCUT2D eigenvalue weighted by atomic mass is 15.3. The molecule has 49 heavy (non-hydrogen) atoms. The number of hydrogen-bond acceptors (Lipinski definition) is 2. The molecule has 232 valence electrons. The van der Waals surface area contributed by atoms with Gasteiger partial charge >= 0.3 is 0 Å². The van der Waals surface area contributed by atoms with Crippen molar-refractivity contribution in [3.05, 3.63) is 217 Å². The van der Waals surface area contributed by atoms with Gasteiger partial charge in [0.1, 0.15) is 0 Å². The summed E-state index contributed by atoms with van der Waals surface area (Å²) < 4.78 is 4.36. The Morgan fingerprint density at radius 1 is 0.449 bits per heavy atom. The summed E-state index contributed by atoms with van der Waals surface area (Å²) in [5.41, 5.74) is 10.4. The molecule has 0 atom stereocenters. The van der Waals surface area contributed by atoms with E-state index in [2.05, 4.69) is 175 Å². The molecule has 4 heteroatoms. The largest absolute Gasteiger partial charge is 0.309 e. The van der Waals surface area contributed by atoms with Gasteiger partial charge in [-0.2, -0.15) is 5.10 Å². The summed E-state index contributed by atoms with van der Waals surface area (Å²) in [6.45, 7) is 0. The molecule has 6 aromatic carbocycles. The van der Waals surface area contributed by atoms with Crippen LogP contribution in [0.2, 0.25) is 0 Å². The molecule has 4 nitrogen and oxygen atoms in total. The van der Waals surface area contributed by atoms with Crippen LogP contribution in [0.1, 0.15) is 22.4 Å². The quantitative estimate of drug-likeness (QED) is 0.165. The number of pyridine rings is 1. The Bertz CT molecular complexity index is 2440. The van der Waals surface area contributed by atoms with Crippen molar-refractivity contribution in [3.8, 4) is 22.5 Å². The SMILES string of the molecule is c1ccc(-c2cnn(-c3ccc4c5ccccc5n(-c5cccc(C(c6ccccc6)(c6ccccc6)c6ccccn6)c5)c4c3)c2)cc1. The fourth-order valence-electron chi connectivity index (χ4n) is 7.41. The zero-order valence-corrected chi connectivity index (χ0v) is 26.8. The lowest BCUT2D eigenvalue weighted by Gasteiger charge is -2.36. The highest BCUT2D eigenvalue weighted by molar-refractivity contribution is 6.09. The van der Waals surface area contributed by atoms with E-state index in [1.807, 2.05) is 29.2 Å².